The fraction of sp³-hybridized carbons (Fsp3) is 0.0882. The summed E-state index contributed by atoms with van der Waals surface area (Å²) in [5.41, 5.74) is 17.5. The fourth-order valence-electron chi connectivity index (χ4n) is 12.1. The van der Waals surface area contributed by atoms with Crippen LogP contribution in [0.15, 0.2) is 253 Å². The highest BCUT2D eigenvalue weighted by Gasteiger charge is 2.54. The molecule has 1 unspecified atom stereocenters. The van der Waals surface area contributed by atoms with Gasteiger partial charge in [-0.05, 0) is 89.7 Å². The molecule has 1 aliphatic heterocycles. The van der Waals surface area contributed by atoms with E-state index < -0.39 is 11.6 Å². The van der Waals surface area contributed by atoms with Crippen LogP contribution in [0.4, 0.5) is 0 Å². The number of rotatable bonds is 8. The van der Waals surface area contributed by atoms with Crippen LogP contribution < -0.4 is 5.32 Å². The second kappa shape index (κ2) is 17.2. The molecule has 14 rings (SSSR count). The third-order valence-electron chi connectivity index (χ3n) is 15.6. The average Bonchev–Trinajstić information content (AvgIpc) is 4.19. The number of amidine groups is 2. The van der Waals surface area contributed by atoms with Gasteiger partial charge in [0.2, 0.25) is 0 Å². The molecule has 74 heavy (non-hydrogen) atoms. The lowest BCUT2D eigenvalue weighted by Crippen LogP contribution is -2.40. The van der Waals surface area contributed by atoms with Gasteiger partial charge in [0, 0.05) is 27.7 Å². The molecule has 3 aliphatic rings. The Hall–Kier alpha value is -9.26. The predicted octanol–water partition coefficient (Wildman–Crippen LogP) is 15.0. The number of fused-ring (bicyclic) bond motifs is 10. The zero-order chi connectivity index (χ0) is 49.4. The molecule has 1 spiro atoms. The molecule has 10 aromatic carbocycles. The van der Waals surface area contributed by atoms with E-state index in [0.29, 0.717) is 12.4 Å². The Morgan fingerprint density at radius 2 is 0.986 bits per heavy atom. The van der Waals surface area contributed by atoms with Crippen molar-refractivity contribution >= 4 is 22.4 Å². The Labute approximate surface area is 431 Å². The highest BCUT2D eigenvalue weighted by atomic mass is 15.3. The van der Waals surface area contributed by atoms with Gasteiger partial charge in [0.05, 0.1) is 12.0 Å². The molecule has 2 aliphatic carbocycles. The standard InChI is InChI=1S/C68H50N6/c1-67(2)56-28-14-16-30-58(56)68(59-31-17-15-29-57(59)67)55-40-39-52(64-70-62(48-24-10-5-11-25-48)69-63(71-64)51-38-35-46-23-12-13-26-50(46)41-51)42-54(55)61-53(27-18-32-60(61)68)65-72-66(74(73-65)43-44-19-6-3-7-20-44)49-36-33-47(34-37-49)45-21-8-4-9-22-45/h3-42,64H,43H2,1-2H3,(H,69,70,71). The van der Waals surface area contributed by atoms with E-state index in [1.807, 2.05) is 6.07 Å². The van der Waals surface area contributed by atoms with Crippen LogP contribution in [0.25, 0.3) is 55.8 Å². The van der Waals surface area contributed by atoms with Crippen LogP contribution >= 0.6 is 0 Å². The molecule has 11 aromatic rings. The van der Waals surface area contributed by atoms with E-state index in [1.54, 1.807) is 0 Å². The van der Waals surface area contributed by atoms with Crippen molar-refractivity contribution < 1.29 is 0 Å². The molecule has 1 aromatic heterocycles. The van der Waals surface area contributed by atoms with Crippen molar-refractivity contribution in [2.24, 2.45) is 9.98 Å². The summed E-state index contributed by atoms with van der Waals surface area (Å²) in [6, 6.07) is 87.2. The van der Waals surface area contributed by atoms with E-state index in [-0.39, 0.29) is 5.41 Å². The summed E-state index contributed by atoms with van der Waals surface area (Å²) in [5, 5.41) is 11.5. The first-order valence-electron chi connectivity index (χ1n) is 25.5. The SMILES string of the molecule is CC1(C)c2ccccc2C2(c3ccc(C4N=C(c5ccccc5)NC(c5ccc6ccccc6c5)=N4)cc3-c3c(-c4nc(-c5ccc(-c6ccccc6)cc5)n(Cc5ccccc5)n4)cccc32)c2ccccc21. The van der Waals surface area contributed by atoms with Crippen molar-refractivity contribution in [2.45, 2.75) is 37.4 Å². The van der Waals surface area contributed by atoms with Crippen molar-refractivity contribution in [3.63, 3.8) is 0 Å². The van der Waals surface area contributed by atoms with Gasteiger partial charge in [0.15, 0.2) is 17.8 Å². The van der Waals surface area contributed by atoms with Crippen molar-refractivity contribution in [1.82, 2.24) is 20.1 Å². The summed E-state index contributed by atoms with van der Waals surface area (Å²) in [5.74, 6) is 3.05. The van der Waals surface area contributed by atoms with Crippen LogP contribution in [0.5, 0.6) is 0 Å². The summed E-state index contributed by atoms with van der Waals surface area (Å²) >= 11 is 0. The molecule has 0 amide bonds. The van der Waals surface area contributed by atoms with E-state index in [4.69, 9.17) is 20.1 Å². The van der Waals surface area contributed by atoms with E-state index in [0.717, 1.165) is 73.0 Å². The van der Waals surface area contributed by atoms with Gasteiger partial charge in [-0.2, -0.15) is 5.10 Å². The van der Waals surface area contributed by atoms with Gasteiger partial charge in [0.25, 0.3) is 0 Å². The first-order valence-corrected chi connectivity index (χ1v) is 25.5. The Morgan fingerprint density at radius 3 is 1.69 bits per heavy atom. The van der Waals surface area contributed by atoms with Gasteiger partial charge in [0.1, 0.15) is 11.7 Å². The molecule has 0 saturated heterocycles. The van der Waals surface area contributed by atoms with Gasteiger partial charge >= 0.3 is 0 Å². The number of hydrogen-bond acceptors (Lipinski definition) is 5. The minimum atomic E-state index is -0.642. The molecule has 0 radical (unpaired) electrons. The molecule has 1 N–H and O–H groups in total. The molecule has 2 heterocycles. The largest absolute Gasteiger partial charge is 0.324 e. The summed E-state index contributed by atoms with van der Waals surface area (Å²) in [7, 11) is 0. The zero-order valence-electron chi connectivity index (χ0n) is 41.1. The first kappa shape index (κ1) is 43.5. The predicted molar refractivity (Wildman–Crippen MR) is 301 cm³/mol. The maximum absolute atomic E-state index is 5.57. The Morgan fingerprint density at radius 1 is 0.432 bits per heavy atom. The lowest BCUT2D eigenvalue weighted by molar-refractivity contribution is 0.563. The molecule has 0 saturated carbocycles. The van der Waals surface area contributed by atoms with E-state index in [1.165, 1.54) is 44.3 Å². The summed E-state index contributed by atoms with van der Waals surface area (Å²) < 4.78 is 2.08. The van der Waals surface area contributed by atoms with Gasteiger partial charge in [-0.3, -0.25) is 0 Å². The number of aliphatic imine (C=N–C) groups is 2. The van der Waals surface area contributed by atoms with Gasteiger partial charge in [-0.1, -0.05) is 244 Å². The topological polar surface area (TPSA) is 67.5 Å². The minimum Gasteiger partial charge on any atom is -0.324 e. The van der Waals surface area contributed by atoms with Gasteiger partial charge < -0.3 is 5.32 Å². The van der Waals surface area contributed by atoms with Crippen LogP contribution in [0.1, 0.15) is 75.6 Å². The summed E-state index contributed by atoms with van der Waals surface area (Å²) in [4.78, 5) is 16.5. The number of nitrogens with zero attached hydrogens (tertiary/aromatic N) is 5. The monoisotopic (exact) mass is 950 g/mol. The Balaban J connectivity index is 1.00. The summed E-state index contributed by atoms with van der Waals surface area (Å²) in [6.45, 7) is 5.30. The third kappa shape index (κ3) is 6.93. The molecular weight excluding hydrogens is 901 g/mol. The smallest absolute Gasteiger partial charge is 0.182 e. The normalized spacial score (nSPS) is 15.6. The second-order valence-corrected chi connectivity index (χ2v) is 20.2. The number of benzene rings is 10. The minimum absolute atomic E-state index is 0.243. The van der Waals surface area contributed by atoms with Crippen LogP contribution in [0.2, 0.25) is 0 Å². The average molecular weight is 951 g/mol. The Kier molecular flexibility index (Phi) is 10.1. The highest BCUT2D eigenvalue weighted by molar-refractivity contribution is 6.16. The Bertz CT molecular complexity index is 3990. The van der Waals surface area contributed by atoms with E-state index in [9.17, 15) is 0 Å². The molecular formula is C68H50N6. The molecule has 1 atom stereocenters. The van der Waals surface area contributed by atoms with E-state index >= 15 is 0 Å². The van der Waals surface area contributed by atoms with Crippen molar-refractivity contribution in [3.8, 4) is 45.0 Å². The van der Waals surface area contributed by atoms with E-state index in [2.05, 4.69) is 260 Å². The maximum atomic E-state index is 5.57. The highest BCUT2D eigenvalue weighted by Crippen LogP contribution is 2.63. The zero-order valence-corrected chi connectivity index (χ0v) is 41.1. The lowest BCUT2D eigenvalue weighted by Gasteiger charge is -2.46. The number of nitrogens with one attached hydrogen (secondary N) is 1. The molecule has 6 nitrogen and oxygen atoms in total. The number of hydrogen-bond donors (Lipinski definition) is 1. The quantitative estimate of drug-likeness (QED) is 0.165. The fourth-order valence-corrected chi connectivity index (χ4v) is 12.1. The molecule has 6 heteroatoms. The molecule has 352 valence electrons. The first-order chi connectivity index (χ1) is 36.4. The second-order valence-electron chi connectivity index (χ2n) is 20.2. The van der Waals surface area contributed by atoms with Crippen LogP contribution in [-0.4, -0.2) is 26.4 Å². The lowest BCUT2D eigenvalue weighted by atomic mass is 9.55. The maximum Gasteiger partial charge on any atom is 0.182 e. The van der Waals surface area contributed by atoms with Crippen LogP contribution in [0, 0.1) is 0 Å². The molecule has 0 fully saturated rings. The van der Waals surface area contributed by atoms with Crippen molar-refractivity contribution in [2.75, 3.05) is 0 Å². The van der Waals surface area contributed by atoms with Gasteiger partial charge in [-0.25, -0.2) is 19.7 Å². The van der Waals surface area contributed by atoms with Crippen LogP contribution in [-0.2, 0) is 17.4 Å². The number of aromatic nitrogens is 3. The van der Waals surface area contributed by atoms with Gasteiger partial charge in [-0.15, -0.1) is 0 Å². The van der Waals surface area contributed by atoms with Crippen LogP contribution in [0.3, 0.4) is 0 Å². The van der Waals surface area contributed by atoms with Crippen molar-refractivity contribution in [1.29, 1.82) is 0 Å². The van der Waals surface area contributed by atoms with Crippen molar-refractivity contribution in [3.05, 3.63) is 298 Å². The third-order valence-corrected chi connectivity index (χ3v) is 15.6. The molecule has 0 bridgehead atoms. The summed E-state index contributed by atoms with van der Waals surface area (Å²) in [6.07, 6.45) is -0.538.